The van der Waals surface area contributed by atoms with E-state index in [2.05, 4.69) is 10.2 Å². The van der Waals surface area contributed by atoms with Crippen LogP contribution in [0.3, 0.4) is 0 Å². The maximum absolute atomic E-state index is 12.9. The third-order valence-corrected chi connectivity index (χ3v) is 5.07. The monoisotopic (exact) mass is 403 g/mol. The Morgan fingerprint density at radius 3 is 2.25 bits per heavy atom. The summed E-state index contributed by atoms with van der Waals surface area (Å²) in [6, 6.07) is 13.7. The molecule has 1 saturated heterocycles. The molecule has 0 spiro atoms. The highest BCUT2D eigenvalue weighted by molar-refractivity contribution is 6.30. The second-order valence-corrected chi connectivity index (χ2v) is 7.18. The quantitative estimate of drug-likeness (QED) is 0.806. The highest BCUT2D eigenvalue weighted by Gasteiger charge is 2.21. The van der Waals surface area contributed by atoms with Crippen LogP contribution in [0.5, 0.6) is 0 Å². The number of hydrogen-bond acceptors (Lipinski definition) is 3. The summed E-state index contributed by atoms with van der Waals surface area (Å²) in [4.78, 5) is 28.3. The Balaban J connectivity index is 1.37. The van der Waals surface area contributed by atoms with Crippen LogP contribution in [0.1, 0.15) is 12.0 Å². The molecule has 28 heavy (non-hydrogen) atoms. The lowest BCUT2D eigenvalue weighted by atomic mass is 10.1. The van der Waals surface area contributed by atoms with Crippen LogP contribution in [0.2, 0.25) is 5.02 Å². The molecule has 0 aromatic heterocycles. The third-order valence-electron chi connectivity index (χ3n) is 4.81. The molecule has 1 N–H and O–H groups in total. The summed E-state index contributed by atoms with van der Waals surface area (Å²) in [6.45, 7) is 2.72. The van der Waals surface area contributed by atoms with Crippen LogP contribution < -0.4 is 10.2 Å². The number of carbonyl (C=O) groups excluding carboxylic acids is 2. The first-order valence-electron chi connectivity index (χ1n) is 9.31. The number of rotatable bonds is 6. The summed E-state index contributed by atoms with van der Waals surface area (Å²) in [7, 11) is 0. The van der Waals surface area contributed by atoms with Crippen molar-refractivity contribution in [2.24, 2.45) is 0 Å². The number of benzene rings is 2. The van der Waals surface area contributed by atoms with E-state index in [-0.39, 0.29) is 30.6 Å². The van der Waals surface area contributed by atoms with E-state index in [9.17, 15) is 14.0 Å². The van der Waals surface area contributed by atoms with Gasteiger partial charge < -0.3 is 15.1 Å². The van der Waals surface area contributed by atoms with Gasteiger partial charge in [-0.25, -0.2) is 4.39 Å². The van der Waals surface area contributed by atoms with Gasteiger partial charge in [-0.1, -0.05) is 23.7 Å². The first kappa shape index (κ1) is 20.1. The van der Waals surface area contributed by atoms with Gasteiger partial charge in [0, 0.05) is 43.3 Å². The van der Waals surface area contributed by atoms with Crippen LogP contribution in [0.4, 0.5) is 10.1 Å². The van der Waals surface area contributed by atoms with E-state index >= 15 is 0 Å². The Morgan fingerprint density at radius 2 is 1.61 bits per heavy atom. The number of halogens is 2. The standard InChI is InChI=1S/C21H23ClFN3O2/c22-17-4-8-19(9-5-17)25-11-13-26(14-12-25)21(28)15-24-20(27)10-3-16-1-6-18(23)7-2-16/h1-2,4-9H,3,10-15H2,(H,24,27). The highest BCUT2D eigenvalue weighted by Crippen LogP contribution is 2.19. The van der Waals surface area contributed by atoms with E-state index in [1.54, 1.807) is 17.0 Å². The molecule has 0 saturated carbocycles. The molecular formula is C21H23ClFN3O2. The SMILES string of the molecule is O=C(CCc1ccc(F)cc1)NCC(=O)N1CCN(c2ccc(Cl)cc2)CC1. The van der Waals surface area contributed by atoms with Gasteiger partial charge in [0.15, 0.2) is 0 Å². The first-order chi connectivity index (χ1) is 13.5. The van der Waals surface area contributed by atoms with Gasteiger partial charge in [0.2, 0.25) is 11.8 Å². The van der Waals surface area contributed by atoms with Crippen molar-refractivity contribution in [2.75, 3.05) is 37.6 Å². The second-order valence-electron chi connectivity index (χ2n) is 6.75. The molecule has 0 radical (unpaired) electrons. The number of nitrogens with one attached hydrogen (secondary N) is 1. The largest absolute Gasteiger partial charge is 0.368 e. The van der Waals surface area contributed by atoms with Gasteiger partial charge in [-0.3, -0.25) is 9.59 Å². The number of anilines is 1. The maximum Gasteiger partial charge on any atom is 0.242 e. The Bertz CT molecular complexity index is 803. The number of hydrogen-bond donors (Lipinski definition) is 1. The van der Waals surface area contributed by atoms with E-state index in [4.69, 9.17) is 11.6 Å². The van der Waals surface area contributed by atoms with Crippen molar-refractivity contribution in [3.05, 3.63) is 64.9 Å². The summed E-state index contributed by atoms with van der Waals surface area (Å²) in [5, 5.41) is 3.38. The van der Waals surface area contributed by atoms with Crippen molar-refractivity contribution in [3.8, 4) is 0 Å². The average molecular weight is 404 g/mol. The van der Waals surface area contributed by atoms with Gasteiger partial charge in [0.25, 0.3) is 0 Å². The molecule has 2 aromatic carbocycles. The van der Waals surface area contributed by atoms with Gasteiger partial charge in [0.1, 0.15) is 5.82 Å². The van der Waals surface area contributed by atoms with Crippen molar-refractivity contribution < 1.29 is 14.0 Å². The van der Waals surface area contributed by atoms with Crippen LogP contribution in [0.15, 0.2) is 48.5 Å². The van der Waals surface area contributed by atoms with E-state index in [0.29, 0.717) is 24.5 Å². The number of nitrogens with zero attached hydrogens (tertiary/aromatic N) is 2. The molecule has 0 aliphatic carbocycles. The Labute approximate surface area is 169 Å². The zero-order valence-corrected chi connectivity index (χ0v) is 16.3. The summed E-state index contributed by atoms with van der Waals surface area (Å²) < 4.78 is 12.9. The normalized spacial score (nSPS) is 14.1. The minimum absolute atomic E-state index is 0.00317. The molecule has 148 valence electrons. The number of aryl methyl sites for hydroxylation is 1. The molecule has 2 aromatic rings. The molecule has 1 heterocycles. The zero-order valence-electron chi connectivity index (χ0n) is 15.5. The lowest BCUT2D eigenvalue weighted by molar-refractivity contribution is -0.133. The van der Waals surface area contributed by atoms with Crippen molar-refractivity contribution >= 4 is 29.1 Å². The van der Waals surface area contributed by atoms with E-state index in [1.807, 2.05) is 24.3 Å². The molecule has 5 nitrogen and oxygen atoms in total. The second kappa shape index (κ2) is 9.55. The van der Waals surface area contributed by atoms with Gasteiger partial charge in [-0.15, -0.1) is 0 Å². The van der Waals surface area contributed by atoms with Crippen LogP contribution >= 0.6 is 11.6 Å². The van der Waals surface area contributed by atoms with Crippen molar-refractivity contribution in [1.82, 2.24) is 10.2 Å². The van der Waals surface area contributed by atoms with Crippen LogP contribution in [-0.4, -0.2) is 49.4 Å². The van der Waals surface area contributed by atoms with Gasteiger partial charge in [0.05, 0.1) is 6.54 Å². The van der Waals surface area contributed by atoms with Crippen LogP contribution in [0.25, 0.3) is 0 Å². The zero-order chi connectivity index (χ0) is 19.9. The van der Waals surface area contributed by atoms with E-state index < -0.39 is 0 Å². The van der Waals surface area contributed by atoms with Gasteiger partial charge >= 0.3 is 0 Å². The van der Waals surface area contributed by atoms with Gasteiger partial charge in [-0.2, -0.15) is 0 Å². The molecule has 0 atom stereocenters. The van der Waals surface area contributed by atoms with Crippen molar-refractivity contribution in [3.63, 3.8) is 0 Å². The summed E-state index contributed by atoms with van der Waals surface area (Å²) in [5.41, 5.74) is 1.98. The molecule has 1 aliphatic rings. The van der Waals surface area contributed by atoms with Gasteiger partial charge in [-0.05, 0) is 48.4 Å². The first-order valence-corrected chi connectivity index (χ1v) is 9.68. The lowest BCUT2D eigenvalue weighted by Gasteiger charge is -2.36. The minimum atomic E-state index is -0.296. The van der Waals surface area contributed by atoms with Crippen molar-refractivity contribution in [2.45, 2.75) is 12.8 Å². The topological polar surface area (TPSA) is 52.7 Å². The average Bonchev–Trinajstić information content (AvgIpc) is 2.72. The summed E-state index contributed by atoms with van der Waals surface area (Å²) >= 11 is 5.92. The fourth-order valence-corrected chi connectivity index (χ4v) is 3.28. The Hall–Kier alpha value is -2.60. The summed E-state index contributed by atoms with van der Waals surface area (Å²) in [6.07, 6.45) is 0.781. The predicted molar refractivity (Wildman–Crippen MR) is 108 cm³/mol. The molecule has 7 heteroatoms. The smallest absolute Gasteiger partial charge is 0.242 e. The fraction of sp³-hybridized carbons (Fsp3) is 0.333. The number of amides is 2. The molecule has 1 aliphatic heterocycles. The third kappa shape index (κ3) is 5.70. The Morgan fingerprint density at radius 1 is 0.964 bits per heavy atom. The van der Waals surface area contributed by atoms with Crippen LogP contribution in [0, 0.1) is 5.82 Å². The van der Waals surface area contributed by atoms with E-state index in [0.717, 1.165) is 24.3 Å². The number of carbonyl (C=O) groups is 2. The lowest BCUT2D eigenvalue weighted by Crippen LogP contribution is -2.51. The van der Waals surface area contributed by atoms with E-state index in [1.165, 1.54) is 12.1 Å². The molecule has 3 rings (SSSR count). The maximum atomic E-state index is 12.9. The fourth-order valence-electron chi connectivity index (χ4n) is 3.15. The minimum Gasteiger partial charge on any atom is -0.368 e. The molecule has 0 unspecified atom stereocenters. The molecule has 2 amide bonds. The summed E-state index contributed by atoms with van der Waals surface area (Å²) in [5.74, 6) is -0.557. The van der Waals surface area contributed by atoms with Crippen LogP contribution in [-0.2, 0) is 16.0 Å². The number of piperazine rings is 1. The Kier molecular flexibility index (Phi) is 6.87. The predicted octanol–water partition coefficient (Wildman–Crippen LogP) is 2.88. The molecular weight excluding hydrogens is 381 g/mol. The molecule has 1 fully saturated rings. The molecule has 0 bridgehead atoms. The van der Waals surface area contributed by atoms with Crippen molar-refractivity contribution in [1.29, 1.82) is 0 Å². The highest BCUT2D eigenvalue weighted by atomic mass is 35.5.